The van der Waals surface area contributed by atoms with Crippen molar-refractivity contribution in [2.45, 2.75) is 37.3 Å². The van der Waals surface area contributed by atoms with Crippen LogP contribution in [0.5, 0.6) is 17.2 Å². The first-order valence-electron chi connectivity index (χ1n) is 10.7. The van der Waals surface area contributed by atoms with Crippen molar-refractivity contribution in [1.82, 2.24) is 5.32 Å². The molecule has 0 fully saturated rings. The number of halogens is 3. The molecule has 0 bridgehead atoms. The molecule has 6 nitrogen and oxygen atoms in total. The van der Waals surface area contributed by atoms with Crippen molar-refractivity contribution in [1.29, 1.82) is 0 Å². The average molecular weight is 475 g/mol. The summed E-state index contributed by atoms with van der Waals surface area (Å²) in [6.07, 6.45) is -4.44. The second kappa shape index (κ2) is 9.04. The third-order valence-electron chi connectivity index (χ3n) is 6.34. The number of carbonyl (C=O) groups is 2. The van der Waals surface area contributed by atoms with Crippen LogP contribution in [0.2, 0.25) is 0 Å². The molecule has 2 aromatic carbocycles. The SMILES string of the molecule is COc1cc([C@H]2CC(=O)C3=C(C2)NC(=O)C[C@@H]3c2ccccc2C(F)(F)F)cc(OC)c1OC. The van der Waals surface area contributed by atoms with Crippen LogP contribution in [0.4, 0.5) is 13.2 Å². The molecule has 0 radical (unpaired) electrons. The highest BCUT2D eigenvalue weighted by atomic mass is 19.4. The molecule has 2 aliphatic rings. The largest absolute Gasteiger partial charge is 0.493 e. The predicted octanol–water partition coefficient (Wildman–Crippen LogP) is 4.74. The second-order valence-electron chi connectivity index (χ2n) is 8.27. The summed E-state index contributed by atoms with van der Waals surface area (Å²) in [4.78, 5) is 25.8. The lowest BCUT2D eigenvalue weighted by Gasteiger charge is -2.35. The van der Waals surface area contributed by atoms with Gasteiger partial charge >= 0.3 is 6.18 Å². The van der Waals surface area contributed by atoms with Gasteiger partial charge in [0.15, 0.2) is 17.3 Å². The Labute approximate surface area is 194 Å². The van der Waals surface area contributed by atoms with E-state index in [-0.39, 0.29) is 42.1 Å². The monoisotopic (exact) mass is 475 g/mol. The zero-order chi connectivity index (χ0) is 24.6. The van der Waals surface area contributed by atoms with Gasteiger partial charge in [0.2, 0.25) is 11.7 Å². The molecule has 1 N–H and O–H groups in total. The number of benzene rings is 2. The van der Waals surface area contributed by atoms with Gasteiger partial charge in [-0.2, -0.15) is 13.2 Å². The van der Waals surface area contributed by atoms with Crippen molar-refractivity contribution >= 4 is 11.7 Å². The van der Waals surface area contributed by atoms with E-state index in [9.17, 15) is 22.8 Å². The Morgan fingerprint density at radius 3 is 2.15 bits per heavy atom. The molecule has 2 atom stereocenters. The summed E-state index contributed by atoms with van der Waals surface area (Å²) in [7, 11) is 4.45. The number of ketones is 1. The van der Waals surface area contributed by atoms with Crippen molar-refractivity contribution in [3.63, 3.8) is 0 Å². The van der Waals surface area contributed by atoms with Crippen LogP contribution in [0.3, 0.4) is 0 Å². The normalized spacial score (nSPS) is 20.5. The highest BCUT2D eigenvalue weighted by molar-refractivity contribution is 6.02. The van der Waals surface area contributed by atoms with E-state index < -0.39 is 23.6 Å². The zero-order valence-corrected chi connectivity index (χ0v) is 18.9. The lowest BCUT2D eigenvalue weighted by atomic mass is 9.72. The first kappa shape index (κ1) is 23.7. The van der Waals surface area contributed by atoms with Gasteiger partial charge < -0.3 is 19.5 Å². The Balaban J connectivity index is 1.76. The number of alkyl halides is 3. The van der Waals surface area contributed by atoms with Crippen LogP contribution >= 0.6 is 0 Å². The minimum absolute atomic E-state index is 0.0584. The van der Waals surface area contributed by atoms with E-state index in [4.69, 9.17) is 14.2 Å². The Bertz CT molecular complexity index is 1150. The topological polar surface area (TPSA) is 73.9 Å². The molecule has 180 valence electrons. The Hall–Kier alpha value is -3.49. The molecule has 0 unspecified atom stereocenters. The summed E-state index contributed by atoms with van der Waals surface area (Å²) in [5.41, 5.74) is 0.465. The van der Waals surface area contributed by atoms with Gasteiger partial charge in [0.05, 0.1) is 26.9 Å². The first-order chi connectivity index (χ1) is 16.2. The number of hydrogen-bond donors (Lipinski definition) is 1. The maximum absolute atomic E-state index is 13.7. The fourth-order valence-electron chi connectivity index (χ4n) is 4.86. The van der Waals surface area contributed by atoms with Crippen molar-refractivity contribution in [3.8, 4) is 17.2 Å². The molecule has 1 aliphatic carbocycles. The molecular weight excluding hydrogens is 451 g/mol. The van der Waals surface area contributed by atoms with Crippen LogP contribution in [0, 0.1) is 0 Å². The number of hydrogen-bond acceptors (Lipinski definition) is 5. The highest BCUT2D eigenvalue weighted by Crippen LogP contribution is 2.47. The van der Waals surface area contributed by atoms with Crippen LogP contribution in [0.25, 0.3) is 0 Å². The Kier molecular flexibility index (Phi) is 6.29. The minimum atomic E-state index is -4.60. The molecule has 9 heteroatoms. The van der Waals surface area contributed by atoms with Crippen LogP contribution < -0.4 is 19.5 Å². The van der Waals surface area contributed by atoms with Gasteiger partial charge in [0.1, 0.15) is 0 Å². The summed E-state index contributed by atoms with van der Waals surface area (Å²) >= 11 is 0. The number of ether oxygens (including phenoxy) is 3. The number of Topliss-reactive ketones (excluding diaryl/α,β-unsaturated/α-hetero) is 1. The van der Waals surface area contributed by atoms with Crippen LogP contribution in [-0.2, 0) is 15.8 Å². The quantitative estimate of drug-likeness (QED) is 0.677. The standard InChI is InChI=1S/C25H24F3NO5/c1-32-20-10-14(11-21(33-2)24(20)34-3)13-8-18-23(19(30)9-13)16(12-22(31)29-18)15-6-4-5-7-17(15)25(26,27)28/h4-7,10-11,13,16H,8-9,12H2,1-3H3,(H,29,31)/t13-,16-/m1/s1. The molecule has 0 spiro atoms. The molecule has 0 saturated carbocycles. The molecule has 0 saturated heterocycles. The van der Waals surface area contributed by atoms with Crippen LogP contribution in [0.1, 0.15) is 47.8 Å². The van der Waals surface area contributed by atoms with Crippen molar-refractivity contribution in [3.05, 3.63) is 64.4 Å². The highest BCUT2D eigenvalue weighted by Gasteiger charge is 2.42. The summed E-state index contributed by atoms with van der Waals surface area (Å²) in [6, 6.07) is 8.60. The van der Waals surface area contributed by atoms with E-state index in [1.54, 1.807) is 12.1 Å². The third kappa shape index (κ3) is 4.22. The number of methoxy groups -OCH3 is 3. The van der Waals surface area contributed by atoms with Gasteiger partial charge in [-0.3, -0.25) is 9.59 Å². The number of allylic oxidation sites excluding steroid dienone is 2. The van der Waals surface area contributed by atoms with Gasteiger partial charge in [0, 0.05) is 30.0 Å². The van der Waals surface area contributed by atoms with Crippen molar-refractivity contribution in [2.24, 2.45) is 0 Å². The van der Waals surface area contributed by atoms with Crippen molar-refractivity contribution in [2.75, 3.05) is 21.3 Å². The van der Waals surface area contributed by atoms with Crippen molar-refractivity contribution < 1.29 is 37.0 Å². The first-order valence-corrected chi connectivity index (χ1v) is 10.7. The fraction of sp³-hybridized carbons (Fsp3) is 0.360. The van der Waals surface area contributed by atoms with Crippen LogP contribution in [0.15, 0.2) is 47.7 Å². The second-order valence-corrected chi connectivity index (χ2v) is 8.27. The molecule has 2 aromatic rings. The van der Waals surface area contributed by atoms with E-state index in [0.717, 1.165) is 11.6 Å². The predicted molar refractivity (Wildman–Crippen MR) is 117 cm³/mol. The maximum Gasteiger partial charge on any atom is 0.416 e. The smallest absolute Gasteiger partial charge is 0.416 e. The van der Waals surface area contributed by atoms with E-state index >= 15 is 0 Å². The summed E-state index contributed by atoms with van der Waals surface area (Å²) in [5.74, 6) is -0.721. The Morgan fingerprint density at radius 2 is 1.56 bits per heavy atom. The Morgan fingerprint density at radius 1 is 0.912 bits per heavy atom. The maximum atomic E-state index is 13.7. The lowest BCUT2D eigenvalue weighted by Crippen LogP contribution is -2.38. The molecule has 1 aliphatic heterocycles. The summed E-state index contributed by atoms with van der Waals surface area (Å²) < 4.78 is 57.2. The fourth-order valence-corrected chi connectivity index (χ4v) is 4.86. The van der Waals surface area contributed by atoms with Gasteiger partial charge in [-0.15, -0.1) is 0 Å². The van der Waals surface area contributed by atoms with E-state index in [2.05, 4.69) is 5.32 Å². The third-order valence-corrected chi connectivity index (χ3v) is 6.34. The van der Waals surface area contributed by atoms with Gasteiger partial charge in [-0.1, -0.05) is 18.2 Å². The number of amides is 1. The molecule has 0 aromatic heterocycles. The van der Waals surface area contributed by atoms with Gasteiger partial charge in [-0.05, 0) is 41.7 Å². The van der Waals surface area contributed by atoms with Gasteiger partial charge in [-0.25, -0.2) is 0 Å². The zero-order valence-electron chi connectivity index (χ0n) is 18.9. The number of nitrogens with one attached hydrogen (secondary N) is 1. The molecule has 34 heavy (non-hydrogen) atoms. The van der Waals surface area contributed by atoms with E-state index in [0.29, 0.717) is 22.9 Å². The molecular formula is C25H24F3NO5. The van der Waals surface area contributed by atoms with E-state index in [1.165, 1.54) is 39.5 Å². The summed E-state index contributed by atoms with van der Waals surface area (Å²) in [5, 5.41) is 2.74. The van der Waals surface area contributed by atoms with Crippen LogP contribution in [-0.4, -0.2) is 33.0 Å². The minimum Gasteiger partial charge on any atom is -0.493 e. The molecule has 4 rings (SSSR count). The lowest BCUT2D eigenvalue weighted by molar-refractivity contribution is -0.138. The van der Waals surface area contributed by atoms with Gasteiger partial charge in [0.25, 0.3) is 0 Å². The number of carbonyl (C=O) groups excluding carboxylic acids is 2. The molecule has 1 amide bonds. The number of rotatable bonds is 5. The van der Waals surface area contributed by atoms with E-state index in [1.807, 2.05) is 0 Å². The average Bonchev–Trinajstić information content (AvgIpc) is 2.81. The molecule has 1 heterocycles. The summed E-state index contributed by atoms with van der Waals surface area (Å²) in [6.45, 7) is 0.